The Bertz CT molecular complexity index is 1080. The lowest BCUT2D eigenvalue weighted by atomic mass is 10.0. The smallest absolute Gasteiger partial charge is 0.347 e. The van der Waals surface area contributed by atoms with E-state index in [4.69, 9.17) is 23.4 Å². The minimum Gasteiger partial charge on any atom is -0.493 e. The Morgan fingerprint density at radius 2 is 1.83 bits per heavy atom. The van der Waals surface area contributed by atoms with Crippen molar-refractivity contribution in [2.45, 2.75) is 20.0 Å². The quantitative estimate of drug-likeness (QED) is 0.560. The zero-order chi connectivity index (χ0) is 21.0. The van der Waals surface area contributed by atoms with Crippen LogP contribution in [0.15, 0.2) is 51.9 Å². The van der Waals surface area contributed by atoms with E-state index in [0.717, 1.165) is 0 Å². The van der Waals surface area contributed by atoms with Crippen LogP contribution in [0, 0.1) is 0 Å². The summed E-state index contributed by atoms with van der Waals surface area (Å²) in [7, 11) is 3.08. The van der Waals surface area contributed by atoms with Crippen molar-refractivity contribution in [3.63, 3.8) is 0 Å². The van der Waals surface area contributed by atoms with Gasteiger partial charge in [-0.25, -0.2) is 4.79 Å². The molecule has 3 aromatic rings. The SMILES string of the molecule is CCOC(=O)C(C)Oc1ccc2c(=O)c(-c3ccc(OC)c(OC)c3)coc2c1. The lowest BCUT2D eigenvalue weighted by Crippen LogP contribution is -2.26. The summed E-state index contributed by atoms with van der Waals surface area (Å²) < 4.78 is 26.7. The molecule has 7 heteroatoms. The van der Waals surface area contributed by atoms with Crippen LogP contribution in [0.2, 0.25) is 0 Å². The molecule has 0 aliphatic carbocycles. The minimum absolute atomic E-state index is 0.191. The number of benzene rings is 2. The molecule has 0 fully saturated rings. The van der Waals surface area contributed by atoms with Crippen molar-refractivity contribution >= 4 is 16.9 Å². The van der Waals surface area contributed by atoms with Gasteiger partial charge in [0.2, 0.25) is 0 Å². The summed E-state index contributed by atoms with van der Waals surface area (Å²) in [6.45, 7) is 3.60. The van der Waals surface area contributed by atoms with Crippen molar-refractivity contribution in [3.8, 4) is 28.4 Å². The van der Waals surface area contributed by atoms with Crippen molar-refractivity contribution in [1.29, 1.82) is 0 Å². The number of rotatable bonds is 7. The summed E-state index contributed by atoms with van der Waals surface area (Å²) >= 11 is 0. The predicted molar refractivity (Wildman–Crippen MR) is 108 cm³/mol. The molecule has 0 amide bonds. The Morgan fingerprint density at radius 3 is 2.52 bits per heavy atom. The van der Waals surface area contributed by atoms with Gasteiger partial charge in [-0.3, -0.25) is 4.79 Å². The first-order valence-corrected chi connectivity index (χ1v) is 9.09. The average molecular weight is 398 g/mol. The lowest BCUT2D eigenvalue weighted by Gasteiger charge is -2.13. The average Bonchev–Trinajstić information content (AvgIpc) is 2.73. The van der Waals surface area contributed by atoms with E-state index >= 15 is 0 Å². The molecule has 29 heavy (non-hydrogen) atoms. The molecule has 0 bridgehead atoms. The normalized spacial score (nSPS) is 11.7. The van der Waals surface area contributed by atoms with Crippen LogP contribution in [-0.4, -0.2) is 32.9 Å². The van der Waals surface area contributed by atoms with Crippen LogP contribution < -0.4 is 19.6 Å². The molecule has 0 aliphatic rings. The van der Waals surface area contributed by atoms with Gasteiger partial charge in [0.05, 0.1) is 31.8 Å². The molecule has 0 aliphatic heterocycles. The third-order valence-electron chi connectivity index (χ3n) is 4.37. The van der Waals surface area contributed by atoms with E-state index in [9.17, 15) is 9.59 Å². The predicted octanol–water partition coefficient (Wildman–Crippen LogP) is 3.81. The molecular weight excluding hydrogens is 376 g/mol. The van der Waals surface area contributed by atoms with Crippen molar-refractivity contribution < 1.29 is 28.2 Å². The molecule has 0 saturated heterocycles. The maximum absolute atomic E-state index is 13.0. The molecule has 1 heterocycles. The van der Waals surface area contributed by atoms with Crippen LogP contribution in [0.1, 0.15) is 13.8 Å². The Morgan fingerprint density at radius 1 is 1.07 bits per heavy atom. The van der Waals surface area contributed by atoms with Gasteiger partial charge < -0.3 is 23.4 Å². The first kappa shape index (κ1) is 20.3. The summed E-state index contributed by atoms with van der Waals surface area (Å²) in [5.41, 5.74) is 1.21. The number of hydrogen-bond acceptors (Lipinski definition) is 7. The highest BCUT2D eigenvalue weighted by Gasteiger charge is 2.17. The highest BCUT2D eigenvalue weighted by atomic mass is 16.6. The van der Waals surface area contributed by atoms with E-state index in [0.29, 0.717) is 39.3 Å². The van der Waals surface area contributed by atoms with Gasteiger partial charge in [0, 0.05) is 6.07 Å². The van der Waals surface area contributed by atoms with E-state index in [1.165, 1.54) is 13.4 Å². The van der Waals surface area contributed by atoms with E-state index in [1.54, 1.807) is 57.4 Å². The number of methoxy groups -OCH3 is 2. The number of ether oxygens (including phenoxy) is 4. The monoisotopic (exact) mass is 398 g/mol. The maximum Gasteiger partial charge on any atom is 0.347 e. The highest BCUT2D eigenvalue weighted by molar-refractivity contribution is 5.83. The van der Waals surface area contributed by atoms with Crippen LogP contribution in [0.5, 0.6) is 17.2 Å². The van der Waals surface area contributed by atoms with Crippen LogP contribution in [0.3, 0.4) is 0 Å². The Labute approximate surface area is 167 Å². The highest BCUT2D eigenvalue weighted by Crippen LogP contribution is 2.32. The lowest BCUT2D eigenvalue weighted by molar-refractivity contribution is -0.150. The van der Waals surface area contributed by atoms with Gasteiger partial charge in [-0.1, -0.05) is 6.07 Å². The summed E-state index contributed by atoms with van der Waals surface area (Å²) in [6, 6.07) is 10.0. The molecule has 3 rings (SSSR count). The second-order valence-electron chi connectivity index (χ2n) is 6.22. The minimum atomic E-state index is -0.773. The Balaban J connectivity index is 1.95. The fraction of sp³-hybridized carbons (Fsp3) is 0.273. The molecule has 1 atom stereocenters. The molecule has 0 spiro atoms. The zero-order valence-electron chi connectivity index (χ0n) is 16.7. The molecule has 7 nitrogen and oxygen atoms in total. The topological polar surface area (TPSA) is 84.2 Å². The summed E-state index contributed by atoms with van der Waals surface area (Å²) in [6.07, 6.45) is 0.620. The van der Waals surface area contributed by atoms with Crippen molar-refractivity contribution in [2.24, 2.45) is 0 Å². The number of carbonyl (C=O) groups is 1. The van der Waals surface area contributed by atoms with E-state index in [2.05, 4.69) is 0 Å². The zero-order valence-corrected chi connectivity index (χ0v) is 16.7. The van der Waals surface area contributed by atoms with Gasteiger partial charge in [-0.15, -0.1) is 0 Å². The molecule has 2 aromatic carbocycles. The molecule has 0 radical (unpaired) electrons. The third-order valence-corrected chi connectivity index (χ3v) is 4.37. The summed E-state index contributed by atoms with van der Waals surface area (Å²) in [4.78, 5) is 24.7. The number of carbonyl (C=O) groups excluding carboxylic acids is 1. The first-order valence-electron chi connectivity index (χ1n) is 9.09. The fourth-order valence-corrected chi connectivity index (χ4v) is 2.90. The molecule has 1 unspecified atom stereocenters. The second-order valence-corrected chi connectivity index (χ2v) is 6.22. The van der Waals surface area contributed by atoms with Gasteiger partial charge in [-0.05, 0) is 43.7 Å². The first-order chi connectivity index (χ1) is 14.0. The van der Waals surface area contributed by atoms with Crippen molar-refractivity contribution in [1.82, 2.24) is 0 Å². The standard InChI is InChI=1S/C22H22O7/c1-5-27-22(24)13(2)29-15-7-8-16-19(11-15)28-12-17(21(16)23)14-6-9-18(25-3)20(10-14)26-4/h6-13H,5H2,1-4H3. The number of fused-ring (bicyclic) bond motifs is 1. The van der Waals surface area contributed by atoms with Crippen LogP contribution in [-0.2, 0) is 9.53 Å². The van der Waals surface area contributed by atoms with E-state index in [-0.39, 0.29) is 12.0 Å². The molecular formula is C22H22O7. The number of hydrogen-bond donors (Lipinski definition) is 0. The fourth-order valence-electron chi connectivity index (χ4n) is 2.90. The van der Waals surface area contributed by atoms with Crippen LogP contribution in [0.4, 0.5) is 0 Å². The van der Waals surface area contributed by atoms with Gasteiger partial charge in [-0.2, -0.15) is 0 Å². The molecule has 0 saturated carbocycles. The number of esters is 1. The van der Waals surface area contributed by atoms with Crippen molar-refractivity contribution in [3.05, 3.63) is 52.9 Å². The Kier molecular flexibility index (Phi) is 6.07. The van der Waals surface area contributed by atoms with Crippen LogP contribution in [0.25, 0.3) is 22.1 Å². The van der Waals surface area contributed by atoms with E-state index in [1.807, 2.05) is 0 Å². The van der Waals surface area contributed by atoms with E-state index < -0.39 is 12.1 Å². The Hall–Kier alpha value is -3.48. The maximum atomic E-state index is 13.0. The van der Waals surface area contributed by atoms with Crippen molar-refractivity contribution in [2.75, 3.05) is 20.8 Å². The molecule has 152 valence electrons. The van der Waals surface area contributed by atoms with Gasteiger partial charge in [0.25, 0.3) is 0 Å². The molecule has 1 aromatic heterocycles. The van der Waals surface area contributed by atoms with Gasteiger partial charge >= 0.3 is 5.97 Å². The molecule has 0 N–H and O–H groups in total. The van der Waals surface area contributed by atoms with Gasteiger partial charge in [0.15, 0.2) is 23.0 Å². The van der Waals surface area contributed by atoms with Crippen LogP contribution >= 0.6 is 0 Å². The summed E-state index contributed by atoms with van der Waals surface area (Å²) in [5.74, 6) is 1.03. The summed E-state index contributed by atoms with van der Waals surface area (Å²) in [5, 5.41) is 0.397. The second kappa shape index (κ2) is 8.68. The third kappa shape index (κ3) is 4.18. The largest absolute Gasteiger partial charge is 0.493 e. The van der Waals surface area contributed by atoms with Gasteiger partial charge in [0.1, 0.15) is 17.6 Å².